The number of benzene rings is 1. The number of hydrogen-bond donors (Lipinski definition) is 3. The normalized spacial score (nSPS) is 14.2. The van der Waals surface area contributed by atoms with Crippen molar-refractivity contribution in [2.75, 3.05) is 0 Å². The molecule has 3 N–H and O–H groups in total. The molecule has 0 aliphatic heterocycles. The van der Waals surface area contributed by atoms with Crippen molar-refractivity contribution >= 4 is 11.9 Å². The second-order valence-corrected chi connectivity index (χ2v) is 8.35. The number of nitrogens with one attached hydrogen (secondary N) is 1. The van der Waals surface area contributed by atoms with Crippen molar-refractivity contribution in [1.29, 1.82) is 0 Å². The molecule has 0 radical (unpaired) electrons. The Bertz CT molecular complexity index is 590. The number of hydrogen-bond acceptors (Lipinski definition) is 3. The van der Waals surface area contributed by atoms with Crippen LogP contribution in [-0.2, 0) is 9.59 Å². The van der Waals surface area contributed by atoms with Crippen LogP contribution in [0.1, 0.15) is 102 Å². The van der Waals surface area contributed by atoms with Crippen LogP contribution in [0, 0.1) is 0 Å². The van der Waals surface area contributed by atoms with Gasteiger partial charge >= 0.3 is 11.9 Å². The minimum atomic E-state index is -0.977. The van der Waals surface area contributed by atoms with Gasteiger partial charge in [-0.2, -0.15) is 0 Å². The molecule has 0 heterocycles. The standard InChI is InChI=1S/C25H41NO4/c1-3-5-7-9-14-18-21(17-13-8-6-4-2)26-24(25(29)30)22(19-23(27)28)20-15-11-10-12-16-20/h10-12,15-16,21-22,24,26H,3-9,13-14,17-19H2,1-2H3,(H,27,28)(H,29,30). The molecule has 170 valence electrons. The molecule has 1 aromatic carbocycles. The number of rotatable bonds is 18. The van der Waals surface area contributed by atoms with E-state index in [0.29, 0.717) is 0 Å². The highest BCUT2D eigenvalue weighted by Gasteiger charge is 2.32. The Morgan fingerprint density at radius 2 is 1.37 bits per heavy atom. The zero-order valence-electron chi connectivity index (χ0n) is 18.8. The third-order valence-electron chi connectivity index (χ3n) is 5.77. The van der Waals surface area contributed by atoms with Crippen molar-refractivity contribution in [3.8, 4) is 0 Å². The van der Waals surface area contributed by atoms with E-state index < -0.39 is 23.9 Å². The molecule has 0 aromatic heterocycles. The first-order valence-electron chi connectivity index (χ1n) is 11.7. The van der Waals surface area contributed by atoms with Gasteiger partial charge in [0.15, 0.2) is 0 Å². The zero-order chi connectivity index (χ0) is 22.2. The molecule has 0 fully saturated rings. The molecule has 3 atom stereocenters. The van der Waals surface area contributed by atoms with Crippen LogP contribution in [-0.4, -0.2) is 34.2 Å². The number of carboxylic acid groups (broad SMARTS) is 2. The molecular formula is C25H41NO4. The highest BCUT2D eigenvalue weighted by Crippen LogP contribution is 2.26. The predicted octanol–water partition coefficient (Wildman–Crippen LogP) is 5.99. The summed E-state index contributed by atoms with van der Waals surface area (Å²) < 4.78 is 0. The van der Waals surface area contributed by atoms with E-state index in [0.717, 1.165) is 44.1 Å². The Hall–Kier alpha value is -1.88. The van der Waals surface area contributed by atoms with E-state index in [9.17, 15) is 19.8 Å². The van der Waals surface area contributed by atoms with Crippen molar-refractivity contribution in [1.82, 2.24) is 5.32 Å². The van der Waals surface area contributed by atoms with Gasteiger partial charge in [0.25, 0.3) is 0 Å². The van der Waals surface area contributed by atoms with Crippen LogP contribution in [0.5, 0.6) is 0 Å². The topological polar surface area (TPSA) is 86.6 Å². The van der Waals surface area contributed by atoms with Crippen molar-refractivity contribution in [3.05, 3.63) is 35.9 Å². The Kier molecular flexibility index (Phi) is 13.9. The Morgan fingerprint density at radius 1 is 0.833 bits per heavy atom. The number of carboxylic acids is 2. The van der Waals surface area contributed by atoms with Crippen LogP contribution in [0.25, 0.3) is 0 Å². The lowest BCUT2D eigenvalue weighted by Crippen LogP contribution is -2.47. The molecule has 30 heavy (non-hydrogen) atoms. The lowest BCUT2D eigenvalue weighted by molar-refractivity contribution is -0.141. The Labute approximate surface area is 182 Å². The maximum Gasteiger partial charge on any atom is 0.321 e. The molecule has 0 saturated heterocycles. The Morgan fingerprint density at radius 3 is 1.87 bits per heavy atom. The summed E-state index contributed by atoms with van der Waals surface area (Å²) in [5.41, 5.74) is 0.757. The fraction of sp³-hybridized carbons (Fsp3) is 0.680. The van der Waals surface area contributed by atoms with Crippen molar-refractivity contribution in [2.45, 2.75) is 109 Å². The molecular weight excluding hydrogens is 378 g/mol. The summed E-state index contributed by atoms with van der Waals surface area (Å²) in [6.07, 6.45) is 12.2. The molecule has 1 rings (SSSR count). The van der Waals surface area contributed by atoms with Crippen LogP contribution in [0.4, 0.5) is 0 Å². The van der Waals surface area contributed by atoms with Crippen molar-refractivity contribution in [2.24, 2.45) is 0 Å². The molecule has 0 saturated carbocycles. The average molecular weight is 420 g/mol. The first-order valence-corrected chi connectivity index (χ1v) is 11.7. The van der Waals surface area contributed by atoms with Gasteiger partial charge in [-0.1, -0.05) is 102 Å². The van der Waals surface area contributed by atoms with Gasteiger partial charge in [0.1, 0.15) is 6.04 Å². The third-order valence-corrected chi connectivity index (χ3v) is 5.77. The summed E-state index contributed by atoms with van der Waals surface area (Å²) in [7, 11) is 0. The molecule has 3 unspecified atom stereocenters. The summed E-state index contributed by atoms with van der Waals surface area (Å²) in [6.45, 7) is 4.38. The van der Waals surface area contributed by atoms with Crippen molar-refractivity contribution < 1.29 is 19.8 Å². The summed E-state index contributed by atoms with van der Waals surface area (Å²) in [6, 6.07) is 8.37. The second-order valence-electron chi connectivity index (χ2n) is 8.35. The van der Waals surface area contributed by atoms with Gasteiger partial charge in [-0.25, -0.2) is 0 Å². The monoisotopic (exact) mass is 419 g/mol. The number of aliphatic carboxylic acids is 2. The quantitative estimate of drug-likeness (QED) is 0.255. The summed E-state index contributed by atoms with van der Waals surface area (Å²) >= 11 is 0. The number of unbranched alkanes of at least 4 members (excludes halogenated alkanes) is 7. The van der Waals surface area contributed by atoms with E-state index >= 15 is 0 Å². The van der Waals surface area contributed by atoms with Gasteiger partial charge in [-0.05, 0) is 18.4 Å². The van der Waals surface area contributed by atoms with Gasteiger partial charge in [0.2, 0.25) is 0 Å². The van der Waals surface area contributed by atoms with Gasteiger partial charge in [0.05, 0.1) is 6.42 Å². The third kappa shape index (κ3) is 10.8. The fourth-order valence-corrected chi connectivity index (χ4v) is 4.05. The van der Waals surface area contributed by atoms with Crippen LogP contribution in [0.15, 0.2) is 30.3 Å². The van der Waals surface area contributed by atoms with Gasteiger partial charge < -0.3 is 15.5 Å². The average Bonchev–Trinajstić information content (AvgIpc) is 2.73. The summed E-state index contributed by atoms with van der Waals surface area (Å²) in [4.78, 5) is 23.7. The smallest absolute Gasteiger partial charge is 0.321 e. The van der Waals surface area contributed by atoms with E-state index in [1.165, 1.54) is 32.1 Å². The highest BCUT2D eigenvalue weighted by molar-refractivity contribution is 5.77. The maximum atomic E-state index is 12.2. The molecule has 5 heteroatoms. The van der Waals surface area contributed by atoms with Crippen molar-refractivity contribution in [3.63, 3.8) is 0 Å². The molecule has 0 bridgehead atoms. The minimum Gasteiger partial charge on any atom is -0.481 e. The summed E-state index contributed by atoms with van der Waals surface area (Å²) in [5, 5.41) is 22.7. The molecule has 1 aromatic rings. The minimum absolute atomic E-state index is 0.101. The molecule has 0 spiro atoms. The van der Waals surface area contributed by atoms with E-state index in [-0.39, 0.29) is 12.5 Å². The lowest BCUT2D eigenvalue weighted by Gasteiger charge is -2.29. The van der Waals surface area contributed by atoms with Gasteiger partial charge in [-0.3, -0.25) is 9.59 Å². The lowest BCUT2D eigenvalue weighted by atomic mass is 9.87. The molecule has 0 amide bonds. The molecule has 0 aliphatic carbocycles. The maximum absolute atomic E-state index is 12.2. The highest BCUT2D eigenvalue weighted by atomic mass is 16.4. The van der Waals surface area contributed by atoms with Gasteiger partial charge in [-0.15, -0.1) is 0 Å². The van der Waals surface area contributed by atoms with E-state index in [4.69, 9.17) is 0 Å². The predicted molar refractivity (Wildman–Crippen MR) is 122 cm³/mol. The van der Waals surface area contributed by atoms with E-state index in [1.807, 2.05) is 30.3 Å². The second kappa shape index (κ2) is 15.9. The zero-order valence-corrected chi connectivity index (χ0v) is 18.8. The van der Waals surface area contributed by atoms with Gasteiger partial charge in [0, 0.05) is 12.0 Å². The largest absolute Gasteiger partial charge is 0.481 e. The molecule has 5 nitrogen and oxygen atoms in total. The first-order chi connectivity index (χ1) is 14.5. The fourth-order valence-electron chi connectivity index (χ4n) is 4.05. The van der Waals surface area contributed by atoms with Crippen LogP contribution in [0.3, 0.4) is 0 Å². The summed E-state index contributed by atoms with van der Waals surface area (Å²) in [5.74, 6) is -2.55. The Balaban J connectivity index is 2.89. The van der Waals surface area contributed by atoms with E-state index in [1.54, 1.807) is 0 Å². The molecule has 0 aliphatic rings. The van der Waals surface area contributed by atoms with Crippen LogP contribution in [0.2, 0.25) is 0 Å². The SMILES string of the molecule is CCCCCCCC(CCCCCC)NC(C(=O)O)C(CC(=O)O)c1ccccc1. The first kappa shape index (κ1) is 26.2. The number of carbonyl (C=O) groups is 2. The van der Waals surface area contributed by atoms with Crippen LogP contribution >= 0.6 is 0 Å². The van der Waals surface area contributed by atoms with Crippen LogP contribution < -0.4 is 5.32 Å². The van der Waals surface area contributed by atoms with E-state index in [2.05, 4.69) is 19.2 Å².